The highest BCUT2D eigenvalue weighted by Gasteiger charge is 2.13. The Hall–Kier alpha value is -0.900. The molecule has 0 amide bonds. The fourth-order valence-corrected chi connectivity index (χ4v) is 3.29. The maximum atomic E-state index is 5.83. The van der Waals surface area contributed by atoms with Gasteiger partial charge in [-0.2, -0.15) is 0 Å². The van der Waals surface area contributed by atoms with Gasteiger partial charge in [0.1, 0.15) is 5.01 Å². The number of benzene rings is 1. The van der Waals surface area contributed by atoms with E-state index in [1.165, 1.54) is 11.1 Å². The third-order valence-electron chi connectivity index (χ3n) is 3.95. The smallest absolute Gasteiger partial charge is 0.123 e. The van der Waals surface area contributed by atoms with Crippen molar-refractivity contribution < 1.29 is 0 Å². The summed E-state index contributed by atoms with van der Waals surface area (Å²) in [6.07, 6.45) is 0. The minimum absolute atomic E-state index is 0.477. The van der Waals surface area contributed by atoms with E-state index in [9.17, 15) is 0 Å². The Bertz CT molecular complexity index is 580. The van der Waals surface area contributed by atoms with Gasteiger partial charge in [0.2, 0.25) is 0 Å². The zero-order valence-electron chi connectivity index (χ0n) is 13.1. The Morgan fingerprint density at radius 1 is 1.29 bits per heavy atom. The average Bonchev–Trinajstić information content (AvgIpc) is 2.95. The lowest BCUT2D eigenvalue weighted by Crippen LogP contribution is -2.32. The molecule has 0 saturated heterocycles. The second-order valence-electron chi connectivity index (χ2n) is 5.88. The van der Waals surface area contributed by atoms with Gasteiger partial charge in [-0.3, -0.25) is 4.90 Å². The first-order valence-electron chi connectivity index (χ1n) is 7.31. The zero-order valence-corrected chi connectivity index (χ0v) is 14.7. The van der Waals surface area contributed by atoms with Gasteiger partial charge in [-0.15, -0.1) is 22.9 Å². The summed E-state index contributed by atoms with van der Waals surface area (Å²) < 4.78 is 0. The highest BCUT2D eigenvalue weighted by molar-refractivity contribution is 7.13. The van der Waals surface area contributed by atoms with Crippen molar-refractivity contribution >= 4 is 22.9 Å². The van der Waals surface area contributed by atoms with Crippen molar-refractivity contribution in [2.45, 2.75) is 39.2 Å². The summed E-state index contributed by atoms with van der Waals surface area (Å²) in [4.78, 5) is 6.95. The molecule has 0 aliphatic rings. The first kappa shape index (κ1) is 16.5. The second-order valence-corrected chi connectivity index (χ2v) is 7.00. The molecule has 0 bridgehead atoms. The second kappa shape index (κ2) is 7.39. The Morgan fingerprint density at radius 2 is 2.05 bits per heavy atom. The lowest BCUT2D eigenvalue weighted by Gasteiger charge is -2.27. The van der Waals surface area contributed by atoms with Gasteiger partial charge in [-0.05, 0) is 31.5 Å². The summed E-state index contributed by atoms with van der Waals surface area (Å²) in [6.45, 7) is 7.77. The molecule has 1 unspecified atom stereocenters. The van der Waals surface area contributed by atoms with Crippen molar-refractivity contribution in [2.24, 2.45) is 5.92 Å². The van der Waals surface area contributed by atoms with E-state index in [4.69, 9.17) is 11.6 Å². The van der Waals surface area contributed by atoms with E-state index >= 15 is 0 Å². The molecule has 1 heterocycles. The maximum Gasteiger partial charge on any atom is 0.123 e. The summed E-state index contributed by atoms with van der Waals surface area (Å²) in [7, 11) is 2.19. The van der Waals surface area contributed by atoms with Crippen LogP contribution in [0.25, 0.3) is 10.6 Å². The molecule has 0 spiro atoms. The lowest BCUT2D eigenvalue weighted by atomic mass is 10.0. The van der Waals surface area contributed by atoms with Gasteiger partial charge in [0, 0.05) is 23.5 Å². The van der Waals surface area contributed by atoms with Crippen LogP contribution in [0.3, 0.4) is 0 Å². The monoisotopic (exact) mass is 322 g/mol. The van der Waals surface area contributed by atoms with Crippen LogP contribution in [0, 0.1) is 5.92 Å². The first-order valence-corrected chi connectivity index (χ1v) is 8.72. The van der Waals surface area contributed by atoms with Crippen LogP contribution in [0.4, 0.5) is 0 Å². The molecule has 1 aromatic heterocycles. The molecule has 0 aliphatic heterocycles. The molecule has 0 N–H and O–H groups in total. The summed E-state index contributed by atoms with van der Waals surface area (Å²) in [6, 6.07) is 9.21. The number of rotatable bonds is 6. The molecule has 2 rings (SSSR count). The van der Waals surface area contributed by atoms with Crippen LogP contribution < -0.4 is 0 Å². The predicted octanol–water partition coefficient (Wildman–Crippen LogP) is 5.03. The largest absolute Gasteiger partial charge is 0.299 e. The van der Waals surface area contributed by atoms with Gasteiger partial charge in [0.05, 0.1) is 11.6 Å². The molecule has 4 heteroatoms. The van der Waals surface area contributed by atoms with Crippen molar-refractivity contribution in [1.82, 2.24) is 9.88 Å². The average molecular weight is 323 g/mol. The van der Waals surface area contributed by atoms with Crippen LogP contribution in [0.15, 0.2) is 29.6 Å². The normalized spacial score (nSPS) is 13.1. The number of hydrogen-bond donors (Lipinski definition) is 0. The van der Waals surface area contributed by atoms with E-state index in [-0.39, 0.29) is 0 Å². The molecule has 0 aliphatic carbocycles. The minimum atomic E-state index is 0.477. The Labute approximate surface area is 136 Å². The molecule has 1 atom stereocenters. The minimum Gasteiger partial charge on any atom is -0.299 e. The standard InChI is InChI=1S/C17H23ClN2S/c1-12(2)13(3)20(4)10-14-6-5-7-15(8-14)17-19-16(9-18)11-21-17/h5-8,11-13H,9-10H2,1-4H3. The summed E-state index contributed by atoms with van der Waals surface area (Å²) >= 11 is 7.49. The number of hydrogen-bond acceptors (Lipinski definition) is 3. The topological polar surface area (TPSA) is 16.1 Å². The first-order chi connectivity index (χ1) is 10.0. The van der Waals surface area contributed by atoms with Crippen LogP contribution in [0.1, 0.15) is 32.0 Å². The fraction of sp³-hybridized carbons (Fsp3) is 0.471. The molecule has 114 valence electrons. The molecular weight excluding hydrogens is 300 g/mol. The Kier molecular flexibility index (Phi) is 5.80. The van der Waals surface area contributed by atoms with Crippen molar-refractivity contribution in [3.63, 3.8) is 0 Å². The van der Waals surface area contributed by atoms with Crippen molar-refractivity contribution in [3.05, 3.63) is 40.9 Å². The van der Waals surface area contributed by atoms with Crippen molar-refractivity contribution in [2.75, 3.05) is 7.05 Å². The molecule has 2 nitrogen and oxygen atoms in total. The van der Waals surface area contributed by atoms with Gasteiger partial charge in [-0.25, -0.2) is 4.98 Å². The summed E-state index contributed by atoms with van der Waals surface area (Å²) in [5.74, 6) is 1.13. The van der Waals surface area contributed by atoms with E-state index in [1.807, 2.05) is 5.38 Å². The third-order valence-corrected chi connectivity index (χ3v) is 5.17. The SMILES string of the molecule is CC(C)C(C)N(C)Cc1cccc(-c2nc(CCl)cs2)c1. The molecule has 0 fully saturated rings. The van der Waals surface area contributed by atoms with E-state index in [1.54, 1.807) is 11.3 Å². The van der Waals surface area contributed by atoms with E-state index in [2.05, 4.69) is 62.0 Å². The quantitative estimate of drug-likeness (QED) is 0.694. The van der Waals surface area contributed by atoms with Gasteiger partial charge in [0.15, 0.2) is 0 Å². The van der Waals surface area contributed by atoms with Gasteiger partial charge < -0.3 is 0 Å². The van der Waals surface area contributed by atoms with Crippen LogP contribution >= 0.6 is 22.9 Å². The zero-order chi connectivity index (χ0) is 15.4. The summed E-state index contributed by atoms with van der Waals surface area (Å²) in [5.41, 5.74) is 3.46. The Morgan fingerprint density at radius 3 is 2.67 bits per heavy atom. The third kappa shape index (κ3) is 4.29. The fourth-order valence-electron chi connectivity index (χ4n) is 2.24. The van der Waals surface area contributed by atoms with E-state index in [0.29, 0.717) is 17.8 Å². The van der Waals surface area contributed by atoms with Crippen LogP contribution in [-0.4, -0.2) is 23.0 Å². The lowest BCUT2D eigenvalue weighted by molar-refractivity contribution is 0.200. The highest BCUT2D eigenvalue weighted by Crippen LogP contribution is 2.25. The number of nitrogens with zero attached hydrogens (tertiary/aromatic N) is 2. The number of halogens is 1. The van der Waals surface area contributed by atoms with Crippen molar-refractivity contribution in [3.8, 4) is 10.6 Å². The Balaban J connectivity index is 2.14. The van der Waals surface area contributed by atoms with Crippen LogP contribution in [0.5, 0.6) is 0 Å². The molecule has 2 aromatic rings. The van der Waals surface area contributed by atoms with Crippen LogP contribution in [-0.2, 0) is 12.4 Å². The predicted molar refractivity (Wildman–Crippen MR) is 92.9 cm³/mol. The van der Waals surface area contributed by atoms with E-state index in [0.717, 1.165) is 17.2 Å². The van der Waals surface area contributed by atoms with Crippen LogP contribution in [0.2, 0.25) is 0 Å². The molecule has 21 heavy (non-hydrogen) atoms. The summed E-state index contributed by atoms with van der Waals surface area (Å²) in [5, 5.41) is 3.08. The van der Waals surface area contributed by atoms with Gasteiger partial charge in [0.25, 0.3) is 0 Å². The van der Waals surface area contributed by atoms with Gasteiger partial charge in [-0.1, -0.05) is 32.0 Å². The van der Waals surface area contributed by atoms with Gasteiger partial charge >= 0.3 is 0 Å². The highest BCUT2D eigenvalue weighted by atomic mass is 35.5. The van der Waals surface area contributed by atoms with Crippen molar-refractivity contribution in [1.29, 1.82) is 0 Å². The molecule has 0 radical (unpaired) electrons. The van der Waals surface area contributed by atoms with E-state index < -0.39 is 0 Å². The maximum absolute atomic E-state index is 5.83. The number of thiazole rings is 1. The number of alkyl halides is 1. The molecule has 1 aromatic carbocycles. The molecule has 0 saturated carbocycles. The number of aromatic nitrogens is 1. The molecular formula is C17H23ClN2S.